The summed E-state index contributed by atoms with van der Waals surface area (Å²) >= 11 is 3.30. The third-order valence-corrected chi connectivity index (χ3v) is 4.71. The zero-order valence-electron chi connectivity index (χ0n) is 11.9. The van der Waals surface area contributed by atoms with Crippen LogP contribution in [0.25, 0.3) is 10.4 Å². The number of halogens is 2. The number of anilines is 1. The third-order valence-electron chi connectivity index (χ3n) is 4.27. The van der Waals surface area contributed by atoms with E-state index in [1.165, 1.54) is 0 Å². The van der Waals surface area contributed by atoms with E-state index in [0.29, 0.717) is 23.4 Å². The first-order valence-corrected chi connectivity index (χ1v) is 7.54. The van der Waals surface area contributed by atoms with Crippen molar-refractivity contribution in [2.45, 2.75) is 31.8 Å². The van der Waals surface area contributed by atoms with Crippen LogP contribution in [0, 0.1) is 12.3 Å². The molecule has 2 N–H and O–H groups in total. The van der Waals surface area contributed by atoms with E-state index < -0.39 is 0 Å². The van der Waals surface area contributed by atoms with Gasteiger partial charge in [0.1, 0.15) is 10.4 Å². The molecule has 2 fully saturated rings. The minimum absolute atomic E-state index is 0. The van der Waals surface area contributed by atoms with Crippen LogP contribution < -0.4 is 10.6 Å². The molecular weight excluding hydrogens is 372 g/mol. The van der Waals surface area contributed by atoms with Crippen LogP contribution in [0.15, 0.2) is 21.9 Å². The van der Waals surface area contributed by atoms with E-state index in [0.717, 1.165) is 12.0 Å². The Morgan fingerprint density at radius 1 is 1.64 bits per heavy atom. The number of nitrogens with one attached hydrogen (secondary N) is 2. The fourth-order valence-corrected chi connectivity index (χ4v) is 3.24. The summed E-state index contributed by atoms with van der Waals surface area (Å²) < 4.78 is 0.686. The van der Waals surface area contributed by atoms with Crippen molar-refractivity contribution in [3.8, 4) is 0 Å². The molecule has 0 radical (unpaired) electrons. The van der Waals surface area contributed by atoms with Gasteiger partial charge in [-0.25, -0.2) is 4.98 Å². The van der Waals surface area contributed by atoms with Crippen LogP contribution >= 0.6 is 28.3 Å². The predicted octanol–water partition coefficient (Wildman–Crippen LogP) is 2.94. The number of aryl methyl sites for hydroxylation is 1. The highest BCUT2D eigenvalue weighted by Gasteiger charge is 2.60. The molecule has 3 rings (SSSR count). The number of rotatable bonds is 4. The average Bonchev–Trinajstić information content (AvgIpc) is 3.01. The first-order chi connectivity index (χ1) is 10.0. The number of hydrogen-bond donors (Lipinski definition) is 2. The van der Waals surface area contributed by atoms with Gasteiger partial charge in [-0.1, -0.05) is 11.2 Å². The summed E-state index contributed by atoms with van der Waals surface area (Å²) in [6, 6.07) is 3.77. The van der Waals surface area contributed by atoms with Crippen molar-refractivity contribution < 1.29 is 4.79 Å². The number of hydrogen-bond acceptors (Lipinski definition) is 4. The van der Waals surface area contributed by atoms with Gasteiger partial charge in [0.2, 0.25) is 5.91 Å². The summed E-state index contributed by atoms with van der Waals surface area (Å²) in [6.07, 6.45) is 1.68. The number of fused-ring (bicyclic) bond motifs is 1. The smallest absolute Gasteiger partial charge is 0.242 e. The van der Waals surface area contributed by atoms with Gasteiger partial charge in [0, 0.05) is 17.5 Å². The highest BCUT2D eigenvalue weighted by molar-refractivity contribution is 9.10. The number of aromatic nitrogens is 1. The lowest BCUT2D eigenvalue weighted by Gasteiger charge is -2.15. The molecule has 1 saturated carbocycles. The number of carbonyl (C=O) groups is 1. The molecule has 3 atom stereocenters. The van der Waals surface area contributed by atoms with Crippen molar-refractivity contribution >= 4 is 40.1 Å². The van der Waals surface area contributed by atoms with Gasteiger partial charge in [0.05, 0.1) is 6.04 Å². The highest BCUT2D eigenvalue weighted by atomic mass is 79.9. The fraction of sp³-hybridized carbons (Fsp3) is 0.538. The Morgan fingerprint density at radius 3 is 3.14 bits per heavy atom. The second-order valence-corrected chi connectivity index (χ2v) is 6.53. The van der Waals surface area contributed by atoms with E-state index in [2.05, 4.69) is 41.6 Å². The summed E-state index contributed by atoms with van der Waals surface area (Å²) in [4.78, 5) is 19.4. The van der Waals surface area contributed by atoms with Crippen LogP contribution in [0.1, 0.15) is 18.4 Å². The van der Waals surface area contributed by atoms with Crippen LogP contribution in [0.3, 0.4) is 0 Å². The minimum Gasteiger partial charge on any atom is -0.309 e. The van der Waals surface area contributed by atoms with Gasteiger partial charge in [-0.2, -0.15) is 0 Å². The lowest BCUT2D eigenvalue weighted by molar-refractivity contribution is -0.118. The SMILES string of the molecule is Cc1ccc(Br)nc1NC(=O)[C@@H]1C[C@@]2(CN=[N+]=[N-])C[C@H]2N1.Cl. The number of azide groups is 1. The Bertz CT molecular complexity index is 649. The maximum Gasteiger partial charge on any atom is 0.242 e. The number of amides is 1. The van der Waals surface area contributed by atoms with Gasteiger partial charge in [0.15, 0.2) is 0 Å². The maximum absolute atomic E-state index is 12.3. The Morgan fingerprint density at radius 2 is 2.41 bits per heavy atom. The van der Waals surface area contributed by atoms with Gasteiger partial charge in [-0.05, 0) is 58.3 Å². The predicted molar refractivity (Wildman–Crippen MR) is 88.9 cm³/mol. The van der Waals surface area contributed by atoms with E-state index >= 15 is 0 Å². The second kappa shape index (κ2) is 6.42. The topological polar surface area (TPSA) is 103 Å². The molecule has 2 heterocycles. The summed E-state index contributed by atoms with van der Waals surface area (Å²) in [5.74, 6) is 0.483. The van der Waals surface area contributed by atoms with Gasteiger partial charge in [0.25, 0.3) is 0 Å². The molecule has 1 aromatic rings. The molecule has 1 aliphatic heterocycles. The number of piperidine rings is 1. The highest BCUT2D eigenvalue weighted by Crippen LogP contribution is 2.54. The van der Waals surface area contributed by atoms with Gasteiger partial charge in [-0.15, -0.1) is 12.4 Å². The fourth-order valence-electron chi connectivity index (χ4n) is 2.93. The van der Waals surface area contributed by atoms with Crippen molar-refractivity contribution in [3.05, 3.63) is 32.7 Å². The molecule has 2 aliphatic rings. The first kappa shape index (κ1) is 17.0. The number of pyridine rings is 1. The molecule has 1 amide bonds. The van der Waals surface area contributed by atoms with Crippen molar-refractivity contribution in [1.82, 2.24) is 10.3 Å². The summed E-state index contributed by atoms with van der Waals surface area (Å²) in [5, 5.41) is 9.82. The van der Waals surface area contributed by atoms with Crippen LogP contribution in [-0.4, -0.2) is 29.5 Å². The van der Waals surface area contributed by atoms with Crippen molar-refractivity contribution in [2.75, 3.05) is 11.9 Å². The molecule has 1 aliphatic carbocycles. The second-order valence-electron chi connectivity index (χ2n) is 5.72. The van der Waals surface area contributed by atoms with Crippen LogP contribution in [0.2, 0.25) is 0 Å². The maximum atomic E-state index is 12.3. The third kappa shape index (κ3) is 3.20. The molecular formula is C13H16BrClN6O. The van der Waals surface area contributed by atoms with E-state index in [1.54, 1.807) is 0 Å². The van der Waals surface area contributed by atoms with Crippen molar-refractivity contribution in [2.24, 2.45) is 10.5 Å². The van der Waals surface area contributed by atoms with Crippen molar-refractivity contribution in [3.63, 3.8) is 0 Å². The summed E-state index contributed by atoms with van der Waals surface area (Å²) in [5.41, 5.74) is 9.33. The first-order valence-electron chi connectivity index (χ1n) is 6.75. The molecule has 22 heavy (non-hydrogen) atoms. The molecule has 7 nitrogen and oxygen atoms in total. The van der Waals surface area contributed by atoms with E-state index in [4.69, 9.17) is 5.53 Å². The lowest BCUT2D eigenvalue weighted by atomic mass is 9.99. The van der Waals surface area contributed by atoms with Crippen LogP contribution in [-0.2, 0) is 4.79 Å². The average molecular weight is 388 g/mol. The monoisotopic (exact) mass is 386 g/mol. The minimum atomic E-state index is -0.252. The normalized spacial score (nSPS) is 28.1. The zero-order valence-corrected chi connectivity index (χ0v) is 14.3. The molecule has 1 aromatic heterocycles. The number of nitrogens with zero attached hydrogens (tertiary/aromatic N) is 4. The standard InChI is InChI=1S/C13H15BrN6O.ClH/c1-7-2-3-10(14)18-11(7)19-12(21)8-4-13(6-16-20-15)5-9(13)17-8;/h2-3,8-9,17H,4-6H2,1H3,(H,18,19,21);1H/t8-,9+,13-;/m0./s1. The molecule has 118 valence electrons. The molecule has 0 bridgehead atoms. The van der Waals surface area contributed by atoms with E-state index in [1.807, 2.05) is 19.1 Å². The lowest BCUT2D eigenvalue weighted by Crippen LogP contribution is -2.38. The Kier molecular flexibility index (Phi) is 4.97. The van der Waals surface area contributed by atoms with Gasteiger partial charge >= 0.3 is 0 Å². The van der Waals surface area contributed by atoms with Crippen LogP contribution in [0.5, 0.6) is 0 Å². The molecule has 0 spiro atoms. The Hall–Kier alpha value is -1.34. The quantitative estimate of drug-likeness (QED) is 0.359. The number of carbonyl (C=O) groups excluding carboxylic acids is 1. The largest absolute Gasteiger partial charge is 0.309 e. The molecule has 0 unspecified atom stereocenters. The van der Waals surface area contributed by atoms with Gasteiger partial charge in [-0.3, -0.25) is 4.79 Å². The van der Waals surface area contributed by atoms with E-state index in [-0.39, 0.29) is 35.8 Å². The summed E-state index contributed by atoms with van der Waals surface area (Å²) in [7, 11) is 0. The van der Waals surface area contributed by atoms with Gasteiger partial charge < -0.3 is 10.6 Å². The van der Waals surface area contributed by atoms with Crippen LogP contribution in [0.4, 0.5) is 5.82 Å². The molecule has 9 heteroatoms. The van der Waals surface area contributed by atoms with Crippen molar-refractivity contribution in [1.29, 1.82) is 0 Å². The zero-order chi connectivity index (χ0) is 15.0. The summed E-state index contributed by atoms with van der Waals surface area (Å²) in [6.45, 7) is 2.36. The van der Waals surface area contributed by atoms with E-state index in [9.17, 15) is 4.79 Å². The molecule has 0 aromatic carbocycles. The Labute approximate surface area is 142 Å². The molecule has 1 saturated heterocycles. The Balaban J connectivity index is 0.00000176.